The molecular formula is C12H14BrNOS. The fraction of sp³-hybridized carbons (Fsp3) is 0.417. The number of carbonyl (C=O) groups excluding carboxylic acids is 1. The van der Waals surface area contributed by atoms with Crippen LogP contribution in [0.1, 0.15) is 23.2 Å². The molecule has 0 spiro atoms. The van der Waals surface area contributed by atoms with E-state index in [1.807, 2.05) is 25.2 Å². The Labute approximate surface area is 110 Å². The highest BCUT2D eigenvalue weighted by Gasteiger charge is 2.25. The molecule has 2 nitrogen and oxygen atoms in total. The van der Waals surface area contributed by atoms with Crippen LogP contribution in [0.3, 0.4) is 0 Å². The molecule has 4 heteroatoms. The number of halogens is 1. The smallest absolute Gasteiger partial charge is 0.254 e. The molecule has 0 unspecified atom stereocenters. The summed E-state index contributed by atoms with van der Waals surface area (Å²) < 4.78 is 0.943. The summed E-state index contributed by atoms with van der Waals surface area (Å²) in [6, 6.07) is 5.54. The maximum atomic E-state index is 12.1. The maximum absolute atomic E-state index is 12.1. The van der Waals surface area contributed by atoms with Crippen LogP contribution in [0.5, 0.6) is 0 Å². The van der Waals surface area contributed by atoms with Crippen LogP contribution in [-0.2, 0) is 0 Å². The molecule has 16 heavy (non-hydrogen) atoms. The Morgan fingerprint density at radius 3 is 2.81 bits per heavy atom. The minimum atomic E-state index is 0.0596. The molecule has 1 aromatic rings. The molecule has 0 heterocycles. The summed E-state index contributed by atoms with van der Waals surface area (Å²) in [7, 11) is 1.86. The Balaban J connectivity index is 2.12. The van der Waals surface area contributed by atoms with Gasteiger partial charge in [-0.25, -0.2) is 0 Å². The van der Waals surface area contributed by atoms with Crippen molar-refractivity contribution in [2.45, 2.75) is 17.7 Å². The summed E-state index contributed by atoms with van der Waals surface area (Å²) >= 11 is 7.69. The Bertz CT molecular complexity index is 417. The van der Waals surface area contributed by atoms with Gasteiger partial charge in [0, 0.05) is 23.0 Å². The van der Waals surface area contributed by atoms with Gasteiger partial charge in [-0.3, -0.25) is 4.79 Å². The Kier molecular flexibility index (Phi) is 3.60. The predicted molar refractivity (Wildman–Crippen MR) is 71.1 cm³/mol. The van der Waals surface area contributed by atoms with E-state index in [-0.39, 0.29) is 5.91 Å². The molecule has 1 aliphatic carbocycles. The van der Waals surface area contributed by atoms with Crippen molar-refractivity contribution in [2.75, 3.05) is 13.6 Å². The molecule has 0 bridgehead atoms. The first kappa shape index (κ1) is 12.0. The van der Waals surface area contributed by atoms with Gasteiger partial charge in [0.2, 0.25) is 0 Å². The van der Waals surface area contributed by atoms with Crippen molar-refractivity contribution in [2.24, 2.45) is 5.92 Å². The minimum Gasteiger partial charge on any atom is -0.341 e. The third-order valence-corrected chi connectivity index (χ3v) is 3.63. The SMILES string of the molecule is CN(CC1CC1)C(=O)c1ccc(Br)cc1S. The second-order valence-electron chi connectivity index (χ2n) is 4.29. The average Bonchev–Trinajstić information content (AvgIpc) is 3.00. The van der Waals surface area contributed by atoms with Crippen LogP contribution in [0.2, 0.25) is 0 Å². The van der Waals surface area contributed by atoms with E-state index in [1.54, 1.807) is 4.90 Å². The van der Waals surface area contributed by atoms with Crippen LogP contribution >= 0.6 is 28.6 Å². The lowest BCUT2D eigenvalue weighted by Gasteiger charge is -2.17. The normalized spacial score (nSPS) is 14.9. The molecule has 0 N–H and O–H groups in total. The number of thiol groups is 1. The Hall–Kier alpha value is -0.480. The van der Waals surface area contributed by atoms with E-state index in [2.05, 4.69) is 28.6 Å². The van der Waals surface area contributed by atoms with Crippen LogP contribution < -0.4 is 0 Å². The summed E-state index contributed by atoms with van der Waals surface area (Å²) in [5.74, 6) is 0.775. The van der Waals surface area contributed by atoms with Crippen molar-refractivity contribution in [3.63, 3.8) is 0 Å². The monoisotopic (exact) mass is 299 g/mol. The standard InChI is InChI=1S/C12H14BrNOS/c1-14(7-8-2-3-8)12(15)10-5-4-9(13)6-11(10)16/h4-6,8,16H,2-3,7H2,1H3. The van der Waals surface area contributed by atoms with Crippen LogP contribution in [-0.4, -0.2) is 24.4 Å². The molecular weight excluding hydrogens is 286 g/mol. The molecule has 1 saturated carbocycles. The zero-order valence-corrected chi connectivity index (χ0v) is 11.6. The highest BCUT2D eigenvalue weighted by Crippen LogP contribution is 2.30. The lowest BCUT2D eigenvalue weighted by Crippen LogP contribution is -2.29. The summed E-state index contributed by atoms with van der Waals surface area (Å²) in [5.41, 5.74) is 0.676. The molecule has 1 fully saturated rings. The minimum absolute atomic E-state index is 0.0596. The van der Waals surface area contributed by atoms with Crippen LogP contribution in [0.15, 0.2) is 27.6 Å². The van der Waals surface area contributed by atoms with Crippen LogP contribution in [0.4, 0.5) is 0 Å². The molecule has 0 radical (unpaired) electrons. The van der Waals surface area contributed by atoms with Crippen LogP contribution in [0, 0.1) is 5.92 Å². The van der Waals surface area contributed by atoms with E-state index in [1.165, 1.54) is 12.8 Å². The van der Waals surface area contributed by atoms with Gasteiger partial charge in [-0.05, 0) is 37.0 Å². The number of amides is 1. The first-order valence-corrected chi connectivity index (χ1v) is 6.56. The zero-order valence-electron chi connectivity index (χ0n) is 9.11. The molecule has 0 atom stereocenters. The number of hydrogen-bond donors (Lipinski definition) is 1. The van der Waals surface area contributed by atoms with Gasteiger partial charge in [-0.15, -0.1) is 12.6 Å². The summed E-state index contributed by atoms with van der Waals surface area (Å²) in [6.07, 6.45) is 2.51. The second-order valence-corrected chi connectivity index (χ2v) is 5.69. The largest absolute Gasteiger partial charge is 0.341 e. The van der Waals surface area contributed by atoms with Crippen molar-refractivity contribution in [3.8, 4) is 0 Å². The number of hydrogen-bond acceptors (Lipinski definition) is 2. The molecule has 2 rings (SSSR count). The zero-order chi connectivity index (χ0) is 11.7. The average molecular weight is 300 g/mol. The number of benzene rings is 1. The fourth-order valence-corrected chi connectivity index (χ4v) is 2.51. The number of carbonyl (C=O) groups is 1. The van der Waals surface area contributed by atoms with E-state index in [9.17, 15) is 4.79 Å². The van der Waals surface area contributed by atoms with E-state index in [0.717, 1.165) is 15.9 Å². The maximum Gasteiger partial charge on any atom is 0.254 e. The molecule has 0 saturated heterocycles. The summed E-state index contributed by atoms with van der Waals surface area (Å²) in [6.45, 7) is 0.863. The Morgan fingerprint density at radius 2 is 2.25 bits per heavy atom. The van der Waals surface area contributed by atoms with Gasteiger partial charge in [0.25, 0.3) is 5.91 Å². The van der Waals surface area contributed by atoms with Crippen LogP contribution in [0.25, 0.3) is 0 Å². The van der Waals surface area contributed by atoms with Crippen molar-refractivity contribution in [1.82, 2.24) is 4.90 Å². The van der Waals surface area contributed by atoms with E-state index < -0.39 is 0 Å². The van der Waals surface area contributed by atoms with E-state index in [0.29, 0.717) is 11.5 Å². The van der Waals surface area contributed by atoms with E-state index >= 15 is 0 Å². The first-order chi connectivity index (χ1) is 7.58. The van der Waals surface area contributed by atoms with Gasteiger partial charge in [0.1, 0.15) is 0 Å². The summed E-state index contributed by atoms with van der Waals surface area (Å²) in [4.78, 5) is 14.6. The van der Waals surface area contributed by atoms with E-state index in [4.69, 9.17) is 0 Å². The molecule has 1 aromatic carbocycles. The Morgan fingerprint density at radius 1 is 1.56 bits per heavy atom. The third kappa shape index (κ3) is 2.80. The lowest BCUT2D eigenvalue weighted by molar-refractivity contribution is 0.0785. The van der Waals surface area contributed by atoms with Gasteiger partial charge in [0.15, 0.2) is 0 Å². The van der Waals surface area contributed by atoms with Crippen molar-refractivity contribution in [1.29, 1.82) is 0 Å². The van der Waals surface area contributed by atoms with Gasteiger partial charge in [-0.2, -0.15) is 0 Å². The topological polar surface area (TPSA) is 20.3 Å². The summed E-state index contributed by atoms with van der Waals surface area (Å²) in [5, 5.41) is 0. The number of nitrogens with zero attached hydrogens (tertiary/aromatic N) is 1. The van der Waals surface area contributed by atoms with Gasteiger partial charge in [-0.1, -0.05) is 15.9 Å². The third-order valence-electron chi connectivity index (χ3n) is 2.77. The highest BCUT2D eigenvalue weighted by molar-refractivity contribution is 9.10. The first-order valence-electron chi connectivity index (χ1n) is 5.32. The molecule has 0 aromatic heterocycles. The van der Waals surface area contributed by atoms with Crippen molar-refractivity contribution < 1.29 is 4.79 Å². The molecule has 86 valence electrons. The van der Waals surface area contributed by atoms with Gasteiger partial charge in [0.05, 0.1) is 5.56 Å². The second kappa shape index (κ2) is 4.80. The fourth-order valence-electron chi connectivity index (χ4n) is 1.66. The lowest BCUT2D eigenvalue weighted by atomic mass is 10.2. The van der Waals surface area contributed by atoms with Crippen molar-refractivity contribution in [3.05, 3.63) is 28.2 Å². The van der Waals surface area contributed by atoms with Crippen molar-refractivity contribution >= 4 is 34.5 Å². The highest BCUT2D eigenvalue weighted by atomic mass is 79.9. The molecule has 0 aliphatic heterocycles. The van der Waals surface area contributed by atoms with Gasteiger partial charge < -0.3 is 4.90 Å². The predicted octanol–water partition coefficient (Wildman–Crippen LogP) is 3.22. The molecule has 1 amide bonds. The quantitative estimate of drug-likeness (QED) is 0.850. The van der Waals surface area contributed by atoms with Gasteiger partial charge >= 0.3 is 0 Å². The molecule has 1 aliphatic rings. The number of rotatable bonds is 3.